The third-order valence-corrected chi connectivity index (χ3v) is 6.53. The van der Waals surface area contributed by atoms with E-state index in [0.29, 0.717) is 12.0 Å². The second-order valence-electron chi connectivity index (χ2n) is 10.3. The lowest BCUT2D eigenvalue weighted by molar-refractivity contribution is 0.292. The molecule has 2 aromatic rings. The number of likely N-dealkylation sites (tertiary alicyclic amines) is 1. The van der Waals surface area contributed by atoms with E-state index in [2.05, 4.69) is 67.8 Å². The van der Waals surface area contributed by atoms with Crippen LogP contribution in [0.4, 0.5) is 10.1 Å². The van der Waals surface area contributed by atoms with Gasteiger partial charge in [0.1, 0.15) is 5.82 Å². The average molecular weight is 452 g/mol. The van der Waals surface area contributed by atoms with Crippen molar-refractivity contribution >= 4 is 5.69 Å². The van der Waals surface area contributed by atoms with Gasteiger partial charge in [-0.25, -0.2) is 4.39 Å². The van der Waals surface area contributed by atoms with Crippen LogP contribution in [-0.4, -0.2) is 43.2 Å². The summed E-state index contributed by atoms with van der Waals surface area (Å²) in [4.78, 5) is 5.11. The van der Waals surface area contributed by atoms with Crippen LogP contribution in [0, 0.1) is 11.7 Å². The van der Waals surface area contributed by atoms with E-state index < -0.39 is 0 Å². The topological polar surface area (TPSA) is 32.5 Å². The Morgan fingerprint density at radius 1 is 1.06 bits per heavy atom. The first-order chi connectivity index (χ1) is 15.8. The van der Waals surface area contributed by atoms with Gasteiger partial charge in [-0.05, 0) is 80.8 Å². The molecule has 2 N–H and O–H groups in total. The molecule has 0 aliphatic carbocycles. The van der Waals surface area contributed by atoms with Crippen LogP contribution in [0.1, 0.15) is 51.7 Å². The number of allylic oxidation sites excluding steroid dienone is 1. The van der Waals surface area contributed by atoms with Gasteiger partial charge in [0.15, 0.2) is 0 Å². The van der Waals surface area contributed by atoms with E-state index in [1.165, 1.54) is 28.8 Å². The molecule has 2 atom stereocenters. The van der Waals surface area contributed by atoms with Gasteiger partial charge in [0.05, 0.1) is 0 Å². The van der Waals surface area contributed by atoms with Crippen LogP contribution in [-0.2, 0) is 12.8 Å². The molecule has 3 rings (SSSR count). The van der Waals surface area contributed by atoms with Crippen LogP contribution >= 0.6 is 0 Å². The summed E-state index contributed by atoms with van der Waals surface area (Å²) in [5, 5.41) is 0. The highest BCUT2D eigenvalue weighted by atomic mass is 19.1. The van der Waals surface area contributed by atoms with Crippen molar-refractivity contribution in [3.8, 4) is 0 Å². The lowest BCUT2D eigenvalue weighted by atomic mass is 10.0. The highest BCUT2D eigenvalue weighted by molar-refractivity contribution is 5.50. The number of halogens is 1. The van der Waals surface area contributed by atoms with E-state index in [-0.39, 0.29) is 11.9 Å². The molecule has 1 saturated heterocycles. The zero-order chi connectivity index (χ0) is 23.8. The van der Waals surface area contributed by atoms with Crippen LogP contribution in [0.3, 0.4) is 0 Å². The SMILES string of the molecule is CC(C)=CCN(c1ccc(CCc2ccc(F)cc2)cc1)[C@H]1CCN(CC(N)CC(C)C)C1. The van der Waals surface area contributed by atoms with E-state index in [1.807, 2.05) is 12.1 Å². The van der Waals surface area contributed by atoms with Crippen molar-refractivity contribution in [2.45, 2.75) is 65.5 Å². The number of benzene rings is 2. The maximum atomic E-state index is 13.1. The Hall–Kier alpha value is -2.17. The lowest BCUT2D eigenvalue weighted by Gasteiger charge is -2.31. The monoisotopic (exact) mass is 451 g/mol. The molecule has 1 aliphatic rings. The van der Waals surface area contributed by atoms with Gasteiger partial charge in [-0.3, -0.25) is 4.90 Å². The number of rotatable bonds is 11. The summed E-state index contributed by atoms with van der Waals surface area (Å²) in [6.07, 6.45) is 6.48. The van der Waals surface area contributed by atoms with Crippen molar-refractivity contribution in [3.05, 3.63) is 77.1 Å². The Bertz CT molecular complexity index is 869. The molecule has 0 aromatic heterocycles. The van der Waals surface area contributed by atoms with Gasteiger partial charge in [-0.15, -0.1) is 0 Å². The molecule has 1 aliphatic heterocycles. The number of aryl methyl sites for hydroxylation is 2. The summed E-state index contributed by atoms with van der Waals surface area (Å²) < 4.78 is 13.1. The number of hydrogen-bond donors (Lipinski definition) is 1. The fraction of sp³-hybridized carbons (Fsp3) is 0.517. The molecule has 180 valence electrons. The molecule has 0 saturated carbocycles. The van der Waals surface area contributed by atoms with Gasteiger partial charge in [-0.1, -0.05) is 49.8 Å². The first-order valence-electron chi connectivity index (χ1n) is 12.5. The molecule has 0 amide bonds. The lowest BCUT2D eigenvalue weighted by Crippen LogP contribution is -2.41. The predicted octanol–water partition coefficient (Wildman–Crippen LogP) is 5.83. The van der Waals surface area contributed by atoms with Crippen LogP contribution < -0.4 is 10.6 Å². The van der Waals surface area contributed by atoms with Crippen molar-refractivity contribution in [2.75, 3.05) is 31.1 Å². The third kappa shape index (κ3) is 8.28. The third-order valence-electron chi connectivity index (χ3n) is 6.53. The molecule has 0 spiro atoms. The van der Waals surface area contributed by atoms with Gasteiger partial charge in [0.2, 0.25) is 0 Å². The summed E-state index contributed by atoms with van der Waals surface area (Å²) in [5.74, 6) is 0.473. The highest BCUT2D eigenvalue weighted by Gasteiger charge is 2.28. The normalized spacial score (nSPS) is 17.4. The molecule has 3 nitrogen and oxygen atoms in total. The van der Waals surface area contributed by atoms with Crippen molar-refractivity contribution in [1.82, 2.24) is 4.90 Å². The van der Waals surface area contributed by atoms with Crippen molar-refractivity contribution in [2.24, 2.45) is 11.7 Å². The quantitative estimate of drug-likeness (QED) is 0.436. The standard InChI is InChI=1S/C29H42FN3/c1-22(2)15-18-33(29-16-17-32(21-29)20-27(31)19-23(3)4)28-13-9-25(10-14-28)6-5-24-7-11-26(30)12-8-24/h7-15,23,27,29H,5-6,16-21,31H2,1-4H3/t27?,29-/m0/s1. The Morgan fingerprint density at radius 3 is 2.24 bits per heavy atom. The summed E-state index contributed by atoms with van der Waals surface area (Å²) in [7, 11) is 0. The van der Waals surface area contributed by atoms with E-state index >= 15 is 0 Å². The second kappa shape index (κ2) is 12.3. The maximum absolute atomic E-state index is 13.1. The smallest absolute Gasteiger partial charge is 0.123 e. The molecule has 1 heterocycles. The van der Waals surface area contributed by atoms with Gasteiger partial charge in [0, 0.05) is 44.0 Å². The number of anilines is 1. The minimum Gasteiger partial charge on any atom is -0.363 e. The summed E-state index contributed by atoms with van der Waals surface area (Å²) >= 11 is 0. The van der Waals surface area contributed by atoms with Gasteiger partial charge >= 0.3 is 0 Å². The maximum Gasteiger partial charge on any atom is 0.123 e. The molecule has 2 aromatic carbocycles. The summed E-state index contributed by atoms with van der Waals surface area (Å²) in [6.45, 7) is 13.0. The summed E-state index contributed by atoms with van der Waals surface area (Å²) in [6, 6.07) is 16.7. The molecule has 1 fully saturated rings. The van der Waals surface area contributed by atoms with E-state index in [0.717, 1.165) is 45.4 Å². The summed E-state index contributed by atoms with van der Waals surface area (Å²) in [5.41, 5.74) is 11.5. The van der Waals surface area contributed by atoms with E-state index in [9.17, 15) is 4.39 Å². The van der Waals surface area contributed by atoms with Crippen molar-refractivity contribution in [1.29, 1.82) is 0 Å². The fourth-order valence-electron chi connectivity index (χ4n) is 4.78. The number of hydrogen-bond acceptors (Lipinski definition) is 3. The zero-order valence-corrected chi connectivity index (χ0v) is 20.9. The van der Waals surface area contributed by atoms with Crippen LogP contribution in [0.5, 0.6) is 0 Å². The minimum atomic E-state index is -0.174. The predicted molar refractivity (Wildman–Crippen MR) is 139 cm³/mol. The minimum absolute atomic E-state index is 0.174. The van der Waals surface area contributed by atoms with Crippen LogP contribution in [0.2, 0.25) is 0 Å². The molecule has 33 heavy (non-hydrogen) atoms. The molecule has 0 radical (unpaired) electrons. The highest BCUT2D eigenvalue weighted by Crippen LogP contribution is 2.25. The molecule has 4 heteroatoms. The Labute approximate surface area is 200 Å². The van der Waals surface area contributed by atoms with Gasteiger partial charge in [0.25, 0.3) is 0 Å². The Balaban J connectivity index is 1.62. The number of nitrogens with zero attached hydrogens (tertiary/aromatic N) is 2. The van der Waals surface area contributed by atoms with Gasteiger partial charge < -0.3 is 10.6 Å². The molecular weight excluding hydrogens is 409 g/mol. The second-order valence-corrected chi connectivity index (χ2v) is 10.3. The molecule has 1 unspecified atom stereocenters. The first-order valence-corrected chi connectivity index (χ1v) is 12.5. The molecule has 0 bridgehead atoms. The Kier molecular flexibility index (Phi) is 9.52. The first kappa shape index (κ1) is 25.5. The average Bonchev–Trinajstić information content (AvgIpc) is 3.21. The van der Waals surface area contributed by atoms with Crippen molar-refractivity contribution < 1.29 is 4.39 Å². The fourth-order valence-corrected chi connectivity index (χ4v) is 4.78. The van der Waals surface area contributed by atoms with E-state index in [1.54, 1.807) is 12.1 Å². The Morgan fingerprint density at radius 2 is 1.67 bits per heavy atom. The zero-order valence-electron chi connectivity index (χ0n) is 20.9. The number of nitrogens with two attached hydrogens (primary N) is 1. The van der Waals surface area contributed by atoms with Gasteiger partial charge in [-0.2, -0.15) is 0 Å². The van der Waals surface area contributed by atoms with Crippen molar-refractivity contribution in [3.63, 3.8) is 0 Å². The van der Waals surface area contributed by atoms with E-state index in [4.69, 9.17) is 5.73 Å². The largest absolute Gasteiger partial charge is 0.363 e. The van der Waals surface area contributed by atoms with Crippen LogP contribution in [0.15, 0.2) is 60.2 Å². The van der Waals surface area contributed by atoms with Crippen LogP contribution in [0.25, 0.3) is 0 Å². The molecular formula is C29H42FN3.